The number of aldehydes is 1. The number of nitrogens with one attached hydrogen (secondary N) is 2. The highest BCUT2D eigenvalue weighted by Gasteiger charge is 2.37. The topological polar surface area (TPSA) is 107 Å². The number of furan rings is 1. The Morgan fingerprint density at radius 2 is 2.00 bits per heavy atom. The Bertz CT molecular complexity index is 753. The average Bonchev–Trinajstić information content (AvgIpc) is 3.19. The summed E-state index contributed by atoms with van der Waals surface area (Å²) < 4.78 is 16.9. The molecule has 0 spiro atoms. The first-order valence-electron chi connectivity index (χ1n) is 10.5. The van der Waals surface area contributed by atoms with E-state index in [1.165, 1.54) is 6.92 Å². The van der Waals surface area contributed by atoms with E-state index in [1.54, 1.807) is 25.1 Å². The van der Waals surface area contributed by atoms with Gasteiger partial charge in [-0.1, -0.05) is 13.8 Å². The molecule has 0 fully saturated rings. The normalized spacial score (nSPS) is 21.2. The molecule has 0 aromatic carbocycles. The molecule has 1 amide bonds. The second-order valence-corrected chi connectivity index (χ2v) is 7.29. The third-order valence-corrected chi connectivity index (χ3v) is 5.10. The van der Waals surface area contributed by atoms with Gasteiger partial charge in [-0.05, 0) is 44.4 Å². The highest BCUT2D eigenvalue weighted by atomic mass is 16.5. The minimum absolute atomic E-state index is 0.00456. The summed E-state index contributed by atoms with van der Waals surface area (Å²) in [5, 5.41) is 6.31. The van der Waals surface area contributed by atoms with Crippen molar-refractivity contribution in [1.29, 1.82) is 0 Å². The molecule has 166 valence electrons. The fourth-order valence-electron chi connectivity index (χ4n) is 3.57. The maximum Gasteiger partial charge on any atom is 0.333 e. The van der Waals surface area contributed by atoms with Crippen molar-refractivity contribution in [1.82, 2.24) is 10.6 Å². The lowest BCUT2D eigenvalue weighted by molar-refractivity contribution is -0.139. The van der Waals surface area contributed by atoms with Crippen LogP contribution in [0.25, 0.3) is 0 Å². The van der Waals surface area contributed by atoms with Crippen LogP contribution in [0.5, 0.6) is 0 Å². The average molecular weight is 421 g/mol. The van der Waals surface area contributed by atoms with Crippen LogP contribution < -0.4 is 10.6 Å². The third kappa shape index (κ3) is 6.53. The van der Waals surface area contributed by atoms with Crippen LogP contribution >= 0.6 is 0 Å². The molecule has 1 aliphatic rings. The molecule has 1 aromatic heterocycles. The van der Waals surface area contributed by atoms with Crippen molar-refractivity contribution in [2.75, 3.05) is 6.61 Å². The molecule has 8 nitrogen and oxygen atoms in total. The maximum atomic E-state index is 12.4. The maximum absolute atomic E-state index is 12.4. The molecule has 0 saturated heterocycles. The van der Waals surface area contributed by atoms with E-state index in [1.807, 2.05) is 13.8 Å². The molecule has 0 aliphatic heterocycles. The van der Waals surface area contributed by atoms with E-state index in [0.717, 1.165) is 12.8 Å². The Hall–Kier alpha value is -2.45. The monoisotopic (exact) mass is 420 g/mol. The summed E-state index contributed by atoms with van der Waals surface area (Å²) in [6.07, 6.45) is 3.95. The number of carbonyl (C=O) groups excluding carboxylic acids is 3. The van der Waals surface area contributed by atoms with Crippen molar-refractivity contribution >= 4 is 18.2 Å². The van der Waals surface area contributed by atoms with Crippen LogP contribution in [0.2, 0.25) is 0 Å². The van der Waals surface area contributed by atoms with Crippen LogP contribution in [-0.2, 0) is 25.6 Å². The lowest BCUT2D eigenvalue weighted by Crippen LogP contribution is -2.58. The van der Waals surface area contributed by atoms with Gasteiger partial charge in [0, 0.05) is 18.5 Å². The van der Waals surface area contributed by atoms with Gasteiger partial charge in [0.2, 0.25) is 5.91 Å². The number of ether oxygens (including phenoxy) is 2. The highest BCUT2D eigenvalue weighted by molar-refractivity contribution is 5.89. The molecule has 2 rings (SSSR count). The number of carbonyl (C=O) groups is 3. The summed E-state index contributed by atoms with van der Waals surface area (Å²) in [6.45, 7) is 7.91. The minimum atomic E-state index is -0.480. The van der Waals surface area contributed by atoms with E-state index < -0.39 is 6.10 Å². The van der Waals surface area contributed by atoms with E-state index in [9.17, 15) is 14.4 Å². The van der Waals surface area contributed by atoms with Crippen LogP contribution in [0.15, 0.2) is 28.2 Å². The van der Waals surface area contributed by atoms with Gasteiger partial charge >= 0.3 is 5.97 Å². The first kappa shape index (κ1) is 23.8. The number of rotatable bonds is 11. The molecule has 0 saturated carbocycles. The number of hydrogen-bond donors (Lipinski definition) is 2. The summed E-state index contributed by atoms with van der Waals surface area (Å²) in [4.78, 5) is 35.2. The van der Waals surface area contributed by atoms with E-state index >= 15 is 0 Å². The van der Waals surface area contributed by atoms with E-state index in [4.69, 9.17) is 13.9 Å². The quantitative estimate of drug-likeness (QED) is 0.418. The van der Waals surface area contributed by atoms with Crippen molar-refractivity contribution in [2.45, 2.75) is 77.8 Å². The first-order valence-corrected chi connectivity index (χ1v) is 10.5. The zero-order valence-corrected chi connectivity index (χ0v) is 18.1. The lowest BCUT2D eigenvalue weighted by Gasteiger charge is -2.38. The van der Waals surface area contributed by atoms with Crippen LogP contribution in [0.4, 0.5) is 0 Å². The van der Waals surface area contributed by atoms with Gasteiger partial charge in [-0.2, -0.15) is 0 Å². The van der Waals surface area contributed by atoms with E-state index in [-0.39, 0.29) is 42.4 Å². The number of hydrogen-bond acceptors (Lipinski definition) is 7. The molecule has 0 radical (unpaired) electrons. The van der Waals surface area contributed by atoms with Gasteiger partial charge in [-0.15, -0.1) is 0 Å². The van der Waals surface area contributed by atoms with Crippen LogP contribution in [0.1, 0.15) is 63.3 Å². The van der Waals surface area contributed by atoms with Gasteiger partial charge < -0.3 is 24.5 Å². The second kappa shape index (κ2) is 11.7. The Balaban J connectivity index is 2.27. The van der Waals surface area contributed by atoms with Gasteiger partial charge in [-0.3, -0.25) is 9.59 Å². The fourth-order valence-corrected chi connectivity index (χ4v) is 3.57. The van der Waals surface area contributed by atoms with Crippen molar-refractivity contribution in [3.8, 4) is 0 Å². The zero-order valence-electron chi connectivity index (χ0n) is 18.1. The van der Waals surface area contributed by atoms with Gasteiger partial charge in [0.1, 0.15) is 5.76 Å². The molecule has 30 heavy (non-hydrogen) atoms. The summed E-state index contributed by atoms with van der Waals surface area (Å²) in [5.41, 5.74) is 0.514. The Kier molecular flexibility index (Phi) is 9.26. The standard InChI is InChI=1S/C22H32N2O6/c1-5-16(6-2)30-20-11-15(22(27)28-7-3)10-19(21(20)24-14(4)26)23-12-17-8-9-18(13-25)29-17/h8-9,11,13,16,19-21,23H,5-7,10,12H2,1-4H3,(H,24,26)/t19-,20+,21+/m0/s1. The summed E-state index contributed by atoms with van der Waals surface area (Å²) in [7, 11) is 0. The Morgan fingerprint density at radius 1 is 1.27 bits per heavy atom. The van der Waals surface area contributed by atoms with Gasteiger partial charge in [0.25, 0.3) is 0 Å². The van der Waals surface area contributed by atoms with Gasteiger partial charge in [-0.25, -0.2) is 4.79 Å². The first-order chi connectivity index (χ1) is 14.4. The SMILES string of the molecule is CCOC(=O)C1=C[C@@H](OC(CC)CC)[C@H](NC(C)=O)[C@@H](NCc2ccc(C=O)o2)C1. The molecule has 3 atom stereocenters. The Morgan fingerprint density at radius 3 is 2.57 bits per heavy atom. The molecule has 1 aliphatic carbocycles. The van der Waals surface area contributed by atoms with Gasteiger partial charge in [0.15, 0.2) is 12.0 Å². The Labute approximate surface area is 177 Å². The molecule has 1 aromatic rings. The van der Waals surface area contributed by atoms with Crippen molar-refractivity contribution in [3.05, 3.63) is 35.3 Å². The fraction of sp³-hybridized carbons (Fsp3) is 0.591. The lowest BCUT2D eigenvalue weighted by atomic mass is 9.87. The summed E-state index contributed by atoms with van der Waals surface area (Å²) in [6, 6.07) is 2.65. The predicted molar refractivity (Wildman–Crippen MR) is 111 cm³/mol. The summed E-state index contributed by atoms with van der Waals surface area (Å²) in [5.74, 6) is 0.267. The van der Waals surface area contributed by atoms with E-state index in [2.05, 4.69) is 10.6 Å². The van der Waals surface area contributed by atoms with Crippen molar-refractivity contribution in [2.24, 2.45) is 0 Å². The third-order valence-electron chi connectivity index (χ3n) is 5.10. The van der Waals surface area contributed by atoms with Crippen LogP contribution in [-0.4, -0.2) is 49.1 Å². The molecule has 0 bridgehead atoms. The molecule has 2 N–H and O–H groups in total. The van der Waals surface area contributed by atoms with Crippen molar-refractivity contribution in [3.63, 3.8) is 0 Å². The van der Waals surface area contributed by atoms with Crippen LogP contribution in [0, 0.1) is 0 Å². The highest BCUT2D eigenvalue weighted by Crippen LogP contribution is 2.25. The van der Waals surface area contributed by atoms with Crippen LogP contribution in [0.3, 0.4) is 0 Å². The molecule has 1 heterocycles. The molecular formula is C22H32N2O6. The predicted octanol–water partition coefficient (Wildman–Crippen LogP) is 2.52. The van der Waals surface area contributed by atoms with E-state index in [0.29, 0.717) is 30.6 Å². The van der Waals surface area contributed by atoms with Crippen molar-refractivity contribution < 1.29 is 28.3 Å². The minimum Gasteiger partial charge on any atom is -0.463 e. The second-order valence-electron chi connectivity index (χ2n) is 7.29. The largest absolute Gasteiger partial charge is 0.463 e. The smallest absolute Gasteiger partial charge is 0.333 e. The molecule has 0 unspecified atom stereocenters. The number of amides is 1. The molecule has 8 heteroatoms. The zero-order chi connectivity index (χ0) is 22.1. The number of esters is 1. The van der Waals surface area contributed by atoms with Gasteiger partial charge in [0.05, 0.1) is 31.4 Å². The molecular weight excluding hydrogens is 388 g/mol. The summed E-state index contributed by atoms with van der Waals surface area (Å²) >= 11 is 0.